The van der Waals surface area contributed by atoms with E-state index in [0.717, 1.165) is 0 Å². The van der Waals surface area contributed by atoms with Crippen LogP contribution in [0.15, 0.2) is 18.2 Å². The van der Waals surface area contributed by atoms with Crippen LogP contribution in [0.3, 0.4) is 0 Å². The number of nitrogens with one attached hydrogen (secondary N) is 1. The fourth-order valence-corrected chi connectivity index (χ4v) is 2.68. The van der Waals surface area contributed by atoms with E-state index in [0.29, 0.717) is 5.56 Å². The number of aliphatic hydroxyl groups excluding tert-OH is 1. The first-order valence-electron chi connectivity index (χ1n) is 6.55. The van der Waals surface area contributed by atoms with Crippen LogP contribution in [-0.4, -0.2) is 42.0 Å². The Morgan fingerprint density at radius 3 is 2.90 bits per heavy atom. The number of hydrogen-bond acceptors (Lipinski definition) is 3. The van der Waals surface area contributed by atoms with Gasteiger partial charge in [0.2, 0.25) is 11.8 Å². The number of halogens is 2. The van der Waals surface area contributed by atoms with Gasteiger partial charge in [-0.3, -0.25) is 9.59 Å². The Kier molecular flexibility index (Phi) is 4.80. The van der Waals surface area contributed by atoms with Gasteiger partial charge < -0.3 is 15.3 Å². The molecule has 2 N–H and O–H groups in total. The Balaban J connectivity index is 2.29. The molecule has 1 aromatic rings. The largest absolute Gasteiger partial charge is 0.395 e. The molecule has 2 unspecified atom stereocenters. The van der Waals surface area contributed by atoms with Crippen molar-refractivity contribution in [1.29, 1.82) is 0 Å². The van der Waals surface area contributed by atoms with E-state index in [-0.39, 0.29) is 36.4 Å². The summed E-state index contributed by atoms with van der Waals surface area (Å²) in [5.41, 5.74) is 0.523. The van der Waals surface area contributed by atoms with Gasteiger partial charge >= 0.3 is 0 Å². The molecular weight excluding hydrogens is 299 g/mol. The van der Waals surface area contributed by atoms with Gasteiger partial charge in [0, 0.05) is 20.0 Å². The molecule has 21 heavy (non-hydrogen) atoms. The highest BCUT2D eigenvalue weighted by atomic mass is 35.5. The molecule has 2 rings (SSSR count). The van der Waals surface area contributed by atoms with E-state index in [4.69, 9.17) is 16.7 Å². The third kappa shape index (κ3) is 3.16. The van der Waals surface area contributed by atoms with Crippen molar-refractivity contribution in [3.8, 4) is 0 Å². The van der Waals surface area contributed by atoms with Gasteiger partial charge in [0.25, 0.3) is 0 Å². The van der Waals surface area contributed by atoms with Gasteiger partial charge in [-0.25, -0.2) is 4.39 Å². The maximum atomic E-state index is 13.6. The lowest BCUT2D eigenvalue weighted by Crippen LogP contribution is -2.35. The molecule has 0 bridgehead atoms. The second-order valence-corrected chi connectivity index (χ2v) is 5.36. The molecule has 1 saturated heterocycles. The molecule has 0 aliphatic carbocycles. The minimum Gasteiger partial charge on any atom is -0.395 e. The number of hydrogen-bond donors (Lipinski definition) is 2. The molecule has 114 valence electrons. The molecule has 5 nitrogen and oxygen atoms in total. The van der Waals surface area contributed by atoms with E-state index >= 15 is 0 Å². The maximum absolute atomic E-state index is 13.6. The molecule has 1 heterocycles. The highest BCUT2D eigenvalue weighted by Crippen LogP contribution is 2.37. The van der Waals surface area contributed by atoms with Gasteiger partial charge in [0.05, 0.1) is 23.6 Å². The molecule has 1 fully saturated rings. The SMILES string of the molecule is CN1C(=O)CC(C(=O)NCCO)C1c1ccc(Cl)c(F)c1. The van der Waals surface area contributed by atoms with Crippen LogP contribution >= 0.6 is 11.6 Å². The van der Waals surface area contributed by atoms with E-state index in [1.54, 1.807) is 13.1 Å². The van der Waals surface area contributed by atoms with Gasteiger partial charge in [-0.05, 0) is 17.7 Å². The molecule has 0 spiro atoms. The second-order valence-electron chi connectivity index (χ2n) is 4.95. The van der Waals surface area contributed by atoms with Crippen LogP contribution in [0.25, 0.3) is 0 Å². The molecule has 7 heteroatoms. The summed E-state index contributed by atoms with van der Waals surface area (Å²) in [5, 5.41) is 11.3. The number of benzene rings is 1. The van der Waals surface area contributed by atoms with Crippen LogP contribution in [0.1, 0.15) is 18.0 Å². The molecule has 2 atom stereocenters. The smallest absolute Gasteiger partial charge is 0.226 e. The standard InChI is InChI=1S/C14H16ClFN2O3/c1-18-12(20)7-9(14(21)17-4-5-19)13(18)8-2-3-10(15)11(16)6-8/h2-3,6,9,13,19H,4-5,7H2,1H3,(H,17,21). The summed E-state index contributed by atoms with van der Waals surface area (Å²) in [6, 6.07) is 3.72. The van der Waals surface area contributed by atoms with Crippen LogP contribution in [-0.2, 0) is 9.59 Å². The Bertz CT molecular complexity index is 567. The number of rotatable bonds is 4. The minimum atomic E-state index is -0.616. The van der Waals surface area contributed by atoms with Crippen LogP contribution in [0, 0.1) is 11.7 Å². The molecule has 1 aliphatic heterocycles. The summed E-state index contributed by atoms with van der Waals surface area (Å²) in [6.45, 7) is -0.0581. The van der Waals surface area contributed by atoms with E-state index in [2.05, 4.69) is 5.32 Å². The summed E-state index contributed by atoms with van der Waals surface area (Å²) in [5.74, 6) is -1.72. The molecule has 0 radical (unpaired) electrons. The lowest BCUT2D eigenvalue weighted by Gasteiger charge is -2.25. The monoisotopic (exact) mass is 314 g/mol. The number of nitrogens with zero attached hydrogens (tertiary/aromatic N) is 1. The molecule has 1 aliphatic rings. The number of carbonyl (C=O) groups is 2. The molecule has 1 aromatic carbocycles. The first kappa shape index (κ1) is 15.7. The van der Waals surface area contributed by atoms with Crippen molar-refractivity contribution < 1.29 is 19.1 Å². The number of amides is 2. The maximum Gasteiger partial charge on any atom is 0.226 e. The summed E-state index contributed by atoms with van der Waals surface area (Å²) in [6.07, 6.45) is 0.0582. The van der Waals surface area contributed by atoms with Crippen LogP contribution < -0.4 is 5.32 Å². The Hall–Kier alpha value is -1.66. The van der Waals surface area contributed by atoms with Gasteiger partial charge in [0.15, 0.2) is 0 Å². The fourth-order valence-electron chi connectivity index (χ4n) is 2.57. The zero-order chi connectivity index (χ0) is 15.6. The topological polar surface area (TPSA) is 69.6 Å². The summed E-state index contributed by atoms with van der Waals surface area (Å²) >= 11 is 5.66. The Morgan fingerprint density at radius 1 is 1.57 bits per heavy atom. The van der Waals surface area contributed by atoms with Gasteiger partial charge in [-0.1, -0.05) is 17.7 Å². The zero-order valence-corrected chi connectivity index (χ0v) is 12.2. The van der Waals surface area contributed by atoms with Crippen molar-refractivity contribution in [3.05, 3.63) is 34.6 Å². The van der Waals surface area contributed by atoms with Crippen molar-refractivity contribution in [1.82, 2.24) is 10.2 Å². The fraction of sp³-hybridized carbons (Fsp3) is 0.429. The number of aliphatic hydroxyl groups is 1. The highest BCUT2D eigenvalue weighted by Gasteiger charge is 2.42. The number of carbonyl (C=O) groups excluding carboxylic acids is 2. The average molecular weight is 315 g/mol. The van der Waals surface area contributed by atoms with Crippen LogP contribution in [0.4, 0.5) is 4.39 Å². The highest BCUT2D eigenvalue weighted by molar-refractivity contribution is 6.30. The van der Waals surface area contributed by atoms with Gasteiger partial charge in [0.1, 0.15) is 5.82 Å². The minimum absolute atomic E-state index is 0.00740. The molecule has 0 aromatic heterocycles. The Labute approximate surface area is 126 Å². The van der Waals surface area contributed by atoms with E-state index in [1.807, 2.05) is 0 Å². The average Bonchev–Trinajstić information content (AvgIpc) is 2.75. The van der Waals surface area contributed by atoms with E-state index in [9.17, 15) is 14.0 Å². The van der Waals surface area contributed by atoms with Crippen LogP contribution in [0.2, 0.25) is 5.02 Å². The predicted molar refractivity (Wildman–Crippen MR) is 75.1 cm³/mol. The van der Waals surface area contributed by atoms with E-state index < -0.39 is 17.8 Å². The first-order chi connectivity index (χ1) is 9.95. The Morgan fingerprint density at radius 2 is 2.29 bits per heavy atom. The zero-order valence-electron chi connectivity index (χ0n) is 11.5. The molecular formula is C14H16ClFN2O3. The first-order valence-corrected chi connectivity index (χ1v) is 6.92. The normalized spacial score (nSPS) is 21.7. The van der Waals surface area contributed by atoms with Gasteiger partial charge in [-0.15, -0.1) is 0 Å². The van der Waals surface area contributed by atoms with Crippen molar-refractivity contribution in [2.45, 2.75) is 12.5 Å². The van der Waals surface area contributed by atoms with Gasteiger partial charge in [-0.2, -0.15) is 0 Å². The van der Waals surface area contributed by atoms with Crippen molar-refractivity contribution >= 4 is 23.4 Å². The molecule has 2 amide bonds. The van der Waals surface area contributed by atoms with Crippen molar-refractivity contribution in [2.75, 3.05) is 20.2 Å². The quantitative estimate of drug-likeness (QED) is 0.874. The van der Waals surface area contributed by atoms with Crippen molar-refractivity contribution in [2.24, 2.45) is 5.92 Å². The number of likely N-dealkylation sites (tertiary alicyclic amines) is 1. The van der Waals surface area contributed by atoms with E-state index in [1.165, 1.54) is 17.0 Å². The third-order valence-corrected chi connectivity index (χ3v) is 3.93. The predicted octanol–water partition coefficient (Wildman–Crippen LogP) is 1.11. The molecule has 0 saturated carbocycles. The summed E-state index contributed by atoms with van der Waals surface area (Å²) in [7, 11) is 1.58. The third-order valence-electron chi connectivity index (χ3n) is 3.62. The lowest BCUT2D eigenvalue weighted by atomic mass is 9.93. The second kappa shape index (κ2) is 6.41. The lowest BCUT2D eigenvalue weighted by molar-refractivity contribution is -0.128. The van der Waals surface area contributed by atoms with Crippen LogP contribution in [0.5, 0.6) is 0 Å². The summed E-state index contributed by atoms with van der Waals surface area (Å²) < 4.78 is 13.6. The van der Waals surface area contributed by atoms with Crippen molar-refractivity contribution in [3.63, 3.8) is 0 Å². The summed E-state index contributed by atoms with van der Waals surface area (Å²) in [4.78, 5) is 25.4.